The van der Waals surface area contributed by atoms with E-state index in [9.17, 15) is 9.90 Å². The van der Waals surface area contributed by atoms with E-state index < -0.39 is 5.60 Å². The van der Waals surface area contributed by atoms with Crippen LogP contribution >= 0.6 is 0 Å². The van der Waals surface area contributed by atoms with Crippen LogP contribution in [0.15, 0.2) is 34.7 Å². The number of hydrogen-bond donors (Lipinski definition) is 1. The van der Waals surface area contributed by atoms with E-state index >= 15 is 0 Å². The average molecular weight is 340 g/mol. The highest BCUT2D eigenvalue weighted by Gasteiger charge is 2.63. The van der Waals surface area contributed by atoms with E-state index in [2.05, 4.69) is 6.92 Å². The Morgan fingerprint density at radius 1 is 1.12 bits per heavy atom. The molecule has 0 amide bonds. The first kappa shape index (κ1) is 15.9. The Morgan fingerprint density at radius 2 is 2.00 bits per heavy atom. The molecule has 1 aromatic rings. The molecule has 4 aliphatic rings. The average Bonchev–Trinajstić information content (AvgIpc) is 3.22. The SMILES string of the molecule is C[C@]12CC[C@H]3[C@@H](CCC4=CC(=O)CC[C@@H]43)[C@@H]1CC[C@@]2(O)c1ccoc1. The molecule has 0 aliphatic heterocycles. The van der Waals surface area contributed by atoms with Crippen LogP contribution in [0.2, 0.25) is 0 Å². The maximum atomic E-state index is 11.8. The van der Waals surface area contributed by atoms with Gasteiger partial charge in [0.25, 0.3) is 0 Å². The Labute approximate surface area is 149 Å². The van der Waals surface area contributed by atoms with Gasteiger partial charge >= 0.3 is 0 Å². The zero-order chi connectivity index (χ0) is 17.2. The lowest BCUT2D eigenvalue weighted by Crippen LogP contribution is -2.51. The maximum Gasteiger partial charge on any atom is 0.155 e. The van der Waals surface area contributed by atoms with E-state index in [0.29, 0.717) is 23.5 Å². The van der Waals surface area contributed by atoms with Gasteiger partial charge in [0.1, 0.15) is 0 Å². The van der Waals surface area contributed by atoms with Crippen LogP contribution in [-0.4, -0.2) is 10.9 Å². The Bertz CT molecular complexity index is 718. The van der Waals surface area contributed by atoms with Crippen molar-refractivity contribution in [3.05, 3.63) is 35.8 Å². The molecule has 3 heteroatoms. The number of aliphatic hydroxyl groups is 1. The minimum absolute atomic E-state index is 0.0518. The van der Waals surface area contributed by atoms with E-state index in [1.54, 1.807) is 12.5 Å². The number of fused-ring (bicyclic) bond motifs is 5. The standard InChI is InChI=1S/C22H28O3/c1-21-9-6-18-17-5-3-16(23)12-14(17)2-4-19(18)20(21)7-10-22(21,24)15-8-11-25-13-15/h8,11-13,17-20,24H,2-7,9-10H2,1H3/t17-,18+,19+,20-,21-,22+/m0/s1. The van der Waals surface area contributed by atoms with Gasteiger partial charge in [0, 0.05) is 17.4 Å². The molecule has 1 N–H and O–H groups in total. The van der Waals surface area contributed by atoms with Crippen LogP contribution in [0.1, 0.15) is 63.9 Å². The summed E-state index contributed by atoms with van der Waals surface area (Å²) < 4.78 is 5.30. The van der Waals surface area contributed by atoms with Crippen molar-refractivity contribution in [2.24, 2.45) is 29.1 Å². The molecule has 6 atom stereocenters. The fraction of sp³-hybridized carbons (Fsp3) is 0.682. The number of carbonyl (C=O) groups is 1. The topological polar surface area (TPSA) is 50.4 Å². The maximum absolute atomic E-state index is 11.8. The Kier molecular flexibility index (Phi) is 3.38. The van der Waals surface area contributed by atoms with Gasteiger partial charge in [-0.2, -0.15) is 0 Å². The van der Waals surface area contributed by atoms with Crippen molar-refractivity contribution in [2.75, 3.05) is 0 Å². The van der Waals surface area contributed by atoms with Crippen molar-refractivity contribution in [2.45, 2.75) is 63.9 Å². The normalized spacial score (nSPS) is 46.2. The summed E-state index contributed by atoms with van der Waals surface area (Å²) in [7, 11) is 0. The summed E-state index contributed by atoms with van der Waals surface area (Å²) in [5.74, 6) is 2.97. The Morgan fingerprint density at radius 3 is 2.80 bits per heavy atom. The minimum atomic E-state index is -0.742. The summed E-state index contributed by atoms with van der Waals surface area (Å²) in [6.45, 7) is 2.32. The van der Waals surface area contributed by atoms with Gasteiger partial charge in [0.05, 0.1) is 18.1 Å². The summed E-state index contributed by atoms with van der Waals surface area (Å²) in [5.41, 5.74) is 1.61. The number of furan rings is 1. The van der Waals surface area contributed by atoms with Gasteiger partial charge in [-0.15, -0.1) is 0 Å². The van der Waals surface area contributed by atoms with Crippen LogP contribution in [0, 0.1) is 29.1 Å². The predicted octanol–water partition coefficient (Wildman–Crippen LogP) is 4.61. The van der Waals surface area contributed by atoms with Gasteiger partial charge in [-0.25, -0.2) is 0 Å². The zero-order valence-corrected chi connectivity index (χ0v) is 15.0. The zero-order valence-electron chi connectivity index (χ0n) is 15.0. The van der Waals surface area contributed by atoms with Crippen molar-refractivity contribution in [1.29, 1.82) is 0 Å². The lowest BCUT2D eigenvalue weighted by atomic mass is 9.50. The van der Waals surface area contributed by atoms with E-state index in [-0.39, 0.29) is 5.41 Å². The van der Waals surface area contributed by atoms with Crippen LogP contribution in [0.25, 0.3) is 0 Å². The first-order valence-corrected chi connectivity index (χ1v) is 10.0. The molecule has 0 unspecified atom stereocenters. The third-order valence-corrected chi connectivity index (χ3v) is 8.45. The van der Waals surface area contributed by atoms with Gasteiger partial charge in [0.2, 0.25) is 0 Å². The number of allylic oxidation sites excluding steroid dienone is 1. The van der Waals surface area contributed by atoms with E-state index in [1.807, 2.05) is 12.1 Å². The summed E-state index contributed by atoms with van der Waals surface area (Å²) in [4.78, 5) is 11.8. The van der Waals surface area contributed by atoms with Crippen LogP contribution < -0.4 is 0 Å². The molecule has 0 spiro atoms. The summed E-state index contributed by atoms with van der Waals surface area (Å²) in [6, 6.07) is 1.95. The molecule has 3 fully saturated rings. The second kappa shape index (κ2) is 5.33. The van der Waals surface area contributed by atoms with Gasteiger partial charge in [-0.1, -0.05) is 12.5 Å². The Balaban J connectivity index is 1.48. The third-order valence-electron chi connectivity index (χ3n) is 8.45. The Hall–Kier alpha value is -1.35. The molecule has 25 heavy (non-hydrogen) atoms. The summed E-state index contributed by atoms with van der Waals surface area (Å²) in [5, 5.41) is 11.6. The van der Waals surface area contributed by atoms with Crippen LogP contribution in [-0.2, 0) is 10.4 Å². The number of ketones is 1. The van der Waals surface area contributed by atoms with Crippen LogP contribution in [0.3, 0.4) is 0 Å². The molecular formula is C22H28O3. The molecule has 1 heterocycles. The second-order valence-corrected chi connectivity index (χ2v) is 9.17. The molecule has 5 rings (SSSR count). The van der Waals surface area contributed by atoms with Crippen molar-refractivity contribution >= 4 is 5.78 Å². The van der Waals surface area contributed by atoms with Gasteiger partial charge in [-0.3, -0.25) is 4.79 Å². The molecule has 4 aliphatic carbocycles. The highest BCUT2D eigenvalue weighted by atomic mass is 16.3. The summed E-state index contributed by atoms with van der Waals surface area (Å²) >= 11 is 0. The van der Waals surface area contributed by atoms with Crippen molar-refractivity contribution < 1.29 is 14.3 Å². The minimum Gasteiger partial charge on any atom is -0.472 e. The number of carbonyl (C=O) groups excluding carboxylic acids is 1. The molecule has 1 aromatic heterocycles. The molecule has 0 bridgehead atoms. The molecule has 0 aromatic carbocycles. The first-order valence-electron chi connectivity index (χ1n) is 10.0. The lowest BCUT2D eigenvalue weighted by Gasteiger charge is -2.55. The molecule has 0 radical (unpaired) electrons. The van der Waals surface area contributed by atoms with E-state index in [0.717, 1.165) is 50.0 Å². The fourth-order valence-electron chi connectivity index (χ4n) is 7.17. The number of rotatable bonds is 1. The third kappa shape index (κ3) is 2.05. The quantitative estimate of drug-likeness (QED) is 0.812. The van der Waals surface area contributed by atoms with E-state index in [1.165, 1.54) is 18.4 Å². The molecule has 3 nitrogen and oxygen atoms in total. The van der Waals surface area contributed by atoms with Crippen molar-refractivity contribution in [3.63, 3.8) is 0 Å². The largest absolute Gasteiger partial charge is 0.472 e. The second-order valence-electron chi connectivity index (χ2n) is 9.17. The van der Waals surface area contributed by atoms with Crippen LogP contribution in [0.5, 0.6) is 0 Å². The highest BCUT2D eigenvalue weighted by Crippen LogP contribution is 2.67. The predicted molar refractivity (Wildman–Crippen MR) is 94.7 cm³/mol. The molecular weight excluding hydrogens is 312 g/mol. The van der Waals surface area contributed by atoms with Crippen LogP contribution in [0.4, 0.5) is 0 Å². The number of hydrogen-bond acceptors (Lipinski definition) is 3. The highest BCUT2D eigenvalue weighted by molar-refractivity contribution is 5.91. The fourth-order valence-corrected chi connectivity index (χ4v) is 7.17. The van der Waals surface area contributed by atoms with Gasteiger partial charge in [0.15, 0.2) is 5.78 Å². The van der Waals surface area contributed by atoms with Gasteiger partial charge in [-0.05, 0) is 80.8 Å². The van der Waals surface area contributed by atoms with Gasteiger partial charge < -0.3 is 9.52 Å². The van der Waals surface area contributed by atoms with Crippen molar-refractivity contribution in [1.82, 2.24) is 0 Å². The van der Waals surface area contributed by atoms with Crippen molar-refractivity contribution in [3.8, 4) is 0 Å². The molecule has 134 valence electrons. The summed E-state index contributed by atoms with van der Waals surface area (Å²) in [6.07, 6.45) is 13.7. The monoisotopic (exact) mass is 340 g/mol. The first-order chi connectivity index (χ1) is 12.0. The molecule has 0 saturated heterocycles. The lowest BCUT2D eigenvalue weighted by molar-refractivity contribution is -0.125. The smallest absolute Gasteiger partial charge is 0.155 e. The molecule has 3 saturated carbocycles. The van der Waals surface area contributed by atoms with E-state index in [4.69, 9.17) is 4.42 Å².